The molecule has 2 aromatic rings. The second-order valence-electron chi connectivity index (χ2n) is 3.44. The summed E-state index contributed by atoms with van der Waals surface area (Å²) < 4.78 is 26.3. The van der Waals surface area contributed by atoms with Crippen LogP contribution in [0.1, 0.15) is 0 Å². The molecule has 2 N–H and O–H groups in total. The Balaban J connectivity index is 2.32. The highest BCUT2D eigenvalue weighted by atomic mass is 79.9. The summed E-state index contributed by atoms with van der Waals surface area (Å²) in [5.41, 5.74) is 0.0524. The number of nitro benzene ring substituents is 1. The minimum absolute atomic E-state index is 0.0993. The third-order valence-corrected chi connectivity index (χ3v) is 4.12. The van der Waals surface area contributed by atoms with Gasteiger partial charge in [-0.2, -0.15) is 8.42 Å². The third kappa shape index (κ3) is 2.90. The maximum Gasteiger partial charge on any atom is 0.279 e. The number of nitrogens with one attached hydrogen (secondary N) is 2. The standard InChI is InChI=1S/C9H7BrN4O4S/c10-7-3-6(14(15)16)1-2-8(7)13-19(17,18)9-4-11-5-12-9/h1-5,13H,(H,11,12). The zero-order chi connectivity index (χ0) is 14.0. The molecule has 10 heteroatoms. The molecule has 2 rings (SSSR count). The Morgan fingerprint density at radius 1 is 1.42 bits per heavy atom. The molecule has 0 fully saturated rings. The summed E-state index contributed by atoms with van der Waals surface area (Å²) >= 11 is 3.07. The highest BCUT2D eigenvalue weighted by molar-refractivity contribution is 9.10. The molecule has 0 unspecified atom stereocenters. The van der Waals surface area contributed by atoms with Crippen LogP contribution in [0.5, 0.6) is 0 Å². The Kier molecular flexibility index (Phi) is 3.53. The topological polar surface area (TPSA) is 118 Å². The molecule has 0 aliphatic rings. The van der Waals surface area contributed by atoms with E-state index in [1.165, 1.54) is 24.5 Å². The van der Waals surface area contributed by atoms with Gasteiger partial charge in [-0.15, -0.1) is 0 Å². The van der Waals surface area contributed by atoms with E-state index in [4.69, 9.17) is 0 Å². The first-order valence-electron chi connectivity index (χ1n) is 4.85. The summed E-state index contributed by atoms with van der Waals surface area (Å²) in [5, 5.41) is 10.5. The van der Waals surface area contributed by atoms with Crippen LogP contribution in [0.15, 0.2) is 40.2 Å². The lowest BCUT2D eigenvalue weighted by Gasteiger charge is -2.07. The van der Waals surface area contributed by atoms with Crippen molar-refractivity contribution in [3.8, 4) is 0 Å². The summed E-state index contributed by atoms with van der Waals surface area (Å²) in [5.74, 6) is 0. The molecule has 0 spiro atoms. The molecule has 100 valence electrons. The molecule has 0 aliphatic carbocycles. The molecule has 0 atom stereocenters. The summed E-state index contributed by atoms with van der Waals surface area (Å²) in [7, 11) is -3.79. The molecule has 1 aromatic heterocycles. The molecule has 1 heterocycles. The Labute approximate surface area is 116 Å². The predicted octanol–water partition coefficient (Wildman–Crippen LogP) is 1.88. The molecule has 0 saturated carbocycles. The lowest BCUT2D eigenvalue weighted by molar-refractivity contribution is -0.384. The van der Waals surface area contributed by atoms with Gasteiger partial charge in [-0.1, -0.05) is 0 Å². The van der Waals surface area contributed by atoms with Crippen LogP contribution in [0.4, 0.5) is 11.4 Å². The van der Waals surface area contributed by atoms with Crippen molar-refractivity contribution in [2.45, 2.75) is 5.03 Å². The van der Waals surface area contributed by atoms with E-state index < -0.39 is 14.9 Å². The number of imidazole rings is 1. The fraction of sp³-hybridized carbons (Fsp3) is 0. The molecule has 0 amide bonds. The first-order valence-corrected chi connectivity index (χ1v) is 7.13. The van der Waals surface area contributed by atoms with E-state index in [2.05, 4.69) is 30.6 Å². The molecule has 0 radical (unpaired) electrons. The minimum Gasteiger partial charge on any atom is -0.334 e. The van der Waals surface area contributed by atoms with Crippen LogP contribution in [0, 0.1) is 10.1 Å². The third-order valence-electron chi connectivity index (χ3n) is 2.17. The van der Waals surface area contributed by atoms with E-state index in [-0.39, 0.29) is 20.9 Å². The monoisotopic (exact) mass is 346 g/mol. The summed E-state index contributed by atoms with van der Waals surface area (Å²) in [6.45, 7) is 0. The molecular formula is C9H7BrN4O4S. The lowest BCUT2D eigenvalue weighted by Crippen LogP contribution is -2.13. The lowest BCUT2D eigenvalue weighted by atomic mass is 10.3. The van der Waals surface area contributed by atoms with Gasteiger partial charge in [-0.05, 0) is 22.0 Å². The van der Waals surface area contributed by atoms with Gasteiger partial charge in [0.15, 0.2) is 5.03 Å². The number of aromatic nitrogens is 2. The van der Waals surface area contributed by atoms with Gasteiger partial charge < -0.3 is 4.98 Å². The number of non-ortho nitro benzene ring substituents is 1. The van der Waals surface area contributed by atoms with Gasteiger partial charge in [0.2, 0.25) is 0 Å². The van der Waals surface area contributed by atoms with E-state index in [0.29, 0.717) is 0 Å². The van der Waals surface area contributed by atoms with E-state index in [9.17, 15) is 18.5 Å². The normalized spacial score (nSPS) is 11.2. The highest BCUT2D eigenvalue weighted by Crippen LogP contribution is 2.28. The van der Waals surface area contributed by atoms with Crippen LogP contribution in [-0.4, -0.2) is 23.3 Å². The smallest absolute Gasteiger partial charge is 0.279 e. The zero-order valence-electron chi connectivity index (χ0n) is 9.20. The van der Waals surface area contributed by atoms with Crippen molar-refractivity contribution in [2.24, 2.45) is 0 Å². The number of nitro groups is 1. The predicted molar refractivity (Wildman–Crippen MR) is 70.2 cm³/mol. The second kappa shape index (κ2) is 4.97. The largest absolute Gasteiger partial charge is 0.334 e. The molecular weight excluding hydrogens is 340 g/mol. The number of sulfonamides is 1. The average Bonchev–Trinajstić information content (AvgIpc) is 2.85. The number of hydrogen-bond acceptors (Lipinski definition) is 5. The van der Waals surface area contributed by atoms with E-state index in [1.807, 2.05) is 0 Å². The summed E-state index contributed by atoms with van der Waals surface area (Å²) in [6, 6.07) is 3.72. The van der Waals surface area contributed by atoms with Crippen molar-refractivity contribution < 1.29 is 13.3 Å². The average molecular weight is 347 g/mol. The fourth-order valence-electron chi connectivity index (χ4n) is 1.29. The molecule has 0 saturated heterocycles. The zero-order valence-corrected chi connectivity index (χ0v) is 11.6. The van der Waals surface area contributed by atoms with Crippen LogP contribution in [0.2, 0.25) is 0 Å². The Bertz CT molecular complexity index is 714. The number of hydrogen-bond donors (Lipinski definition) is 2. The van der Waals surface area contributed by atoms with Crippen molar-refractivity contribution in [1.29, 1.82) is 0 Å². The van der Waals surface area contributed by atoms with Crippen molar-refractivity contribution in [3.63, 3.8) is 0 Å². The molecule has 1 aromatic carbocycles. The molecule has 8 nitrogen and oxygen atoms in total. The summed E-state index contributed by atoms with van der Waals surface area (Å²) in [6.07, 6.45) is 2.39. The number of nitrogens with zero attached hydrogens (tertiary/aromatic N) is 2. The maximum absolute atomic E-state index is 11.9. The number of halogens is 1. The van der Waals surface area contributed by atoms with Crippen LogP contribution in [0.3, 0.4) is 0 Å². The Morgan fingerprint density at radius 2 is 2.16 bits per heavy atom. The van der Waals surface area contributed by atoms with Gasteiger partial charge in [0, 0.05) is 16.6 Å². The number of H-pyrrole nitrogens is 1. The number of aromatic amines is 1. The van der Waals surface area contributed by atoms with Crippen LogP contribution < -0.4 is 4.72 Å². The van der Waals surface area contributed by atoms with E-state index >= 15 is 0 Å². The molecule has 0 bridgehead atoms. The van der Waals surface area contributed by atoms with E-state index in [1.54, 1.807) is 0 Å². The van der Waals surface area contributed by atoms with Crippen molar-refractivity contribution in [3.05, 3.63) is 45.3 Å². The van der Waals surface area contributed by atoms with Crippen molar-refractivity contribution in [2.75, 3.05) is 4.72 Å². The first kappa shape index (κ1) is 13.5. The van der Waals surface area contributed by atoms with Gasteiger partial charge in [-0.3, -0.25) is 14.8 Å². The SMILES string of the molecule is O=[N+]([O-])c1ccc(NS(=O)(=O)c2cnc[nH]2)c(Br)c1. The Hall–Kier alpha value is -1.94. The number of anilines is 1. The molecule has 19 heavy (non-hydrogen) atoms. The fourth-order valence-corrected chi connectivity index (χ4v) is 2.87. The van der Waals surface area contributed by atoms with E-state index in [0.717, 1.165) is 6.20 Å². The first-order chi connectivity index (χ1) is 8.90. The van der Waals surface area contributed by atoms with Crippen molar-refractivity contribution in [1.82, 2.24) is 9.97 Å². The highest BCUT2D eigenvalue weighted by Gasteiger charge is 2.18. The summed E-state index contributed by atoms with van der Waals surface area (Å²) in [4.78, 5) is 16.1. The second-order valence-corrected chi connectivity index (χ2v) is 5.95. The maximum atomic E-state index is 11.9. The quantitative estimate of drug-likeness (QED) is 0.647. The Morgan fingerprint density at radius 3 is 2.68 bits per heavy atom. The van der Waals surface area contributed by atoms with Crippen LogP contribution >= 0.6 is 15.9 Å². The number of rotatable bonds is 4. The van der Waals surface area contributed by atoms with Crippen molar-refractivity contribution >= 4 is 37.3 Å². The number of benzene rings is 1. The molecule has 0 aliphatic heterocycles. The van der Waals surface area contributed by atoms with Gasteiger partial charge in [0.1, 0.15) is 0 Å². The van der Waals surface area contributed by atoms with Gasteiger partial charge in [-0.25, -0.2) is 4.98 Å². The van der Waals surface area contributed by atoms with Gasteiger partial charge >= 0.3 is 0 Å². The van der Waals surface area contributed by atoms with Crippen LogP contribution in [0.25, 0.3) is 0 Å². The van der Waals surface area contributed by atoms with Gasteiger partial charge in [0.05, 0.1) is 23.1 Å². The van der Waals surface area contributed by atoms with Gasteiger partial charge in [0.25, 0.3) is 15.7 Å². The minimum atomic E-state index is -3.79. The van der Waals surface area contributed by atoms with Crippen LogP contribution in [-0.2, 0) is 10.0 Å².